The number of fused-ring (bicyclic) bond motifs is 3. The van der Waals surface area contributed by atoms with E-state index in [0.717, 1.165) is 27.8 Å². The summed E-state index contributed by atoms with van der Waals surface area (Å²) in [6, 6.07) is 23.3. The Bertz CT molecular complexity index is 1620. The van der Waals surface area contributed by atoms with Gasteiger partial charge in [-0.05, 0) is 59.2 Å². The van der Waals surface area contributed by atoms with Crippen molar-refractivity contribution >= 4 is 49.1 Å². The van der Waals surface area contributed by atoms with Crippen LogP contribution >= 0.6 is 11.6 Å². The third kappa shape index (κ3) is 3.57. The van der Waals surface area contributed by atoms with E-state index in [1.54, 1.807) is 49.6 Å². The van der Waals surface area contributed by atoms with Gasteiger partial charge in [0.15, 0.2) is 5.65 Å². The molecular formula is C26H19ClN2O3S. The van der Waals surface area contributed by atoms with Gasteiger partial charge in [0.1, 0.15) is 5.75 Å². The lowest BCUT2D eigenvalue weighted by atomic mass is 9.98. The number of nitrogens with zero attached hydrogens (tertiary/aromatic N) is 2. The fourth-order valence-electron chi connectivity index (χ4n) is 3.92. The van der Waals surface area contributed by atoms with Crippen LogP contribution in [-0.4, -0.2) is 24.5 Å². The molecule has 33 heavy (non-hydrogen) atoms. The molecule has 3 aromatic carbocycles. The molecule has 5 aromatic rings. The predicted octanol–water partition coefficient (Wildman–Crippen LogP) is 6.15. The molecule has 0 aliphatic rings. The van der Waals surface area contributed by atoms with Crippen LogP contribution in [0.3, 0.4) is 0 Å². The van der Waals surface area contributed by atoms with E-state index in [0.29, 0.717) is 21.6 Å². The highest BCUT2D eigenvalue weighted by Crippen LogP contribution is 2.35. The van der Waals surface area contributed by atoms with Crippen LogP contribution in [0, 0.1) is 0 Å². The zero-order valence-electron chi connectivity index (χ0n) is 17.7. The van der Waals surface area contributed by atoms with Crippen molar-refractivity contribution in [1.29, 1.82) is 0 Å². The largest absolute Gasteiger partial charge is 0.497 e. The van der Waals surface area contributed by atoms with Crippen molar-refractivity contribution in [1.82, 2.24) is 8.96 Å². The van der Waals surface area contributed by atoms with Gasteiger partial charge in [-0.1, -0.05) is 54.6 Å². The van der Waals surface area contributed by atoms with E-state index in [-0.39, 0.29) is 4.90 Å². The lowest BCUT2D eigenvalue weighted by Crippen LogP contribution is -2.13. The van der Waals surface area contributed by atoms with Gasteiger partial charge in [-0.2, -0.15) is 0 Å². The summed E-state index contributed by atoms with van der Waals surface area (Å²) in [6.07, 6.45) is 1.46. The van der Waals surface area contributed by atoms with Crippen LogP contribution in [0.15, 0.2) is 96.5 Å². The van der Waals surface area contributed by atoms with Crippen LogP contribution in [-0.2, 0) is 10.0 Å². The first-order valence-electron chi connectivity index (χ1n) is 10.1. The zero-order chi connectivity index (χ0) is 23.2. The molecule has 0 bridgehead atoms. The average Bonchev–Trinajstić information content (AvgIpc) is 3.17. The third-order valence-electron chi connectivity index (χ3n) is 5.60. The van der Waals surface area contributed by atoms with Crippen LogP contribution in [0.2, 0.25) is 5.02 Å². The number of hydrogen-bond donors (Lipinski definition) is 0. The average molecular weight is 475 g/mol. The van der Waals surface area contributed by atoms with Gasteiger partial charge in [0.25, 0.3) is 10.0 Å². The Morgan fingerprint density at radius 3 is 2.33 bits per heavy atom. The van der Waals surface area contributed by atoms with Crippen molar-refractivity contribution in [2.75, 3.05) is 7.11 Å². The van der Waals surface area contributed by atoms with Crippen LogP contribution in [0.4, 0.5) is 0 Å². The first-order chi connectivity index (χ1) is 15.9. The number of pyridine rings is 1. The smallest absolute Gasteiger partial charge is 0.269 e. The predicted molar refractivity (Wildman–Crippen MR) is 132 cm³/mol. The Balaban J connectivity index is 1.74. The molecule has 0 aliphatic carbocycles. The highest BCUT2D eigenvalue weighted by atomic mass is 35.5. The number of hydrogen-bond acceptors (Lipinski definition) is 4. The molecule has 2 heterocycles. The molecule has 7 heteroatoms. The van der Waals surface area contributed by atoms with Gasteiger partial charge in [0.05, 0.1) is 22.5 Å². The van der Waals surface area contributed by atoms with Crippen LogP contribution < -0.4 is 4.74 Å². The molecule has 5 nitrogen and oxygen atoms in total. The SMILES string of the molecule is C=C(c1ccc(OC)cc1)c1ccc2c(c1)c1cc(Cl)cnc1n2S(=O)(=O)c1ccccc1. The minimum absolute atomic E-state index is 0.187. The number of halogens is 1. The van der Waals surface area contributed by atoms with Crippen molar-refractivity contribution in [3.63, 3.8) is 0 Å². The lowest BCUT2D eigenvalue weighted by molar-refractivity contribution is 0.415. The van der Waals surface area contributed by atoms with Crippen molar-refractivity contribution < 1.29 is 13.2 Å². The Morgan fingerprint density at radius 1 is 0.939 bits per heavy atom. The third-order valence-corrected chi connectivity index (χ3v) is 7.52. The molecule has 5 rings (SSSR count). The van der Waals surface area contributed by atoms with E-state index < -0.39 is 10.0 Å². The summed E-state index contributed by atoms with van der Waals surface area (Å²) < 4.78 is 33.7. The fraction of sp³-hybridized carbons (Fsp3) is 0.0385. The van der Waals surface area contributed by atoms with Crippen molar-refractivity contribution in [3.8, 4) is 5.75 Å². The Kier molecular flexibility index (Phi) is 5.19. The molecule has 0 spiro atoms. The van der Waals surface area contributed by atoms with E-state index in [1.807, 2.05) is 36.4 Å². The molecule has 0 amide bonds. The molecule has 0 saturated heterocycles. The second-order valence-electron chi connectivity index (χ2n) is 7.55. The van der Waals surface area contributed by atoms with Crippen molar-refractivity contribution in [2.24, 2.45) is 0 Å². The number of ether oxygens (including phenoxy) is 1. The van der Waals surface area contributed by atoms with Gasteiger partial charge in [0.2, 0.25) is 0 Å². The summed E-state index contributed by atoms with van der Waals surface area (Å²) in [5.74, 6) is 0.761. The van der Waals surface area contributed by atoms with E-state index in [1.165, 1.54) is 10.2 Å². The first kappa shape index (κ1) is 21.2. The van der Waals surface area contributed by atoms with Crippen molar-refractivity contribution in [2.45, 2.75) is 4.90 Å². The monoisotopic (exact) mass is 474 g/mol. The maximum Gasteiger partial charge on any atom is 0.269 e. The minimum Gasteiger partial charge on any atom is -0.497 e. The summed E-state index contributed by atoms with van der Waals surface area (Å²) in [4.78, 5) is 4.56. The van der Waals surface area contributed by atoms with E-state index in [9.17, 15) is 8.42 Å². The number of rotatable bonds is 5. The summed E-state index contributed by atoms with van der Waals surface area (Å²) in [6.45, 7) is 4.25. The Labute approximate surface area is 196 Å². The quantitative estimate of drug-likeness (QED) is 0.306. The normalized spacial score (nSPS) is 11.7. The van der Waals surface area contributed by atoms with E-state index in [4.69, 9.17) is 16.3 Å². The molecule has 164 valence electrons. The van der Waals surface area contributed by atoms with Crippen LogP contribution in [0.25, 0.3) is 27.5 Å². The number of methoxy groups -OCH3 is 1. The first-order valence-corrected chi connectivity index (χ1v) is 12.0. The molecule has 0 unspecified atom stereocenters. The maximum atomic E-state index is 13.6. The molecule has 2 aromatic heterocycles. The summed E-state index contributed by atoms with van der Waals surface area (Å²) in [5, 5.41) is 1.81. The van der Waals surface area contributed by atoms with Gasteiger partial charge >= 0.3 is 0 Å². The molecule has 0 N–H and O–H groups in total. The molecule has 0 atom stereocenters. The highest BCUT2D eigenvalue weighted by molar-refractivity contribution is 7.90. The minimum atomic E-state index is -3.88. The second kappa shape index (κ2) is 8.06. The van der Waals surface area contributed by atoms with E-state index >= 15 is 0 Å². The fourth-order valence-corrected chi connectivity index (χ4v) is 5.58. The number of benzene rings is 3. The molecule has 0 saturated carbocycles. The van der Waals surface area contributed by atoms with Gasteiger partial charge < -0.3 is 4.74 Å². The Hall–Kier alpha value is -3.61. The van der Waals surface area contributed by atoms with Crippen LogP contribution in [0.5, 0.6) is 5.75 Å². The molecule has 0 radical (unpaired) electrons. The maximum absolute atomic E-state index is 13.6. The summed E-state index contributed by atoms with van der Waals surface area (Å²) in [7, 11) is -2.26. The van der Waals surface area contributed by atoms with E-state index in [2.05, 4.69) is 11.6 Å². The summed E-state index contributed by atoms with van der Waals surface area (Å²) in [5.41, 5.74) is 3.46. The Morgan fingerprint density at radius 2 is 1.64 bits per heavy atom. The van der Waals surface area contributed by atoms with Gasteiger partial charge in [-0.3, -0.25) is 0 Å². The lowest BCUT2D eigenvalue weighted by Gasteiger charge is -2.10. The molecule has 0 fully saturated rings. The molecular weight excluding hydrogens is 456 g/mol. The van der Waals surface area contributed by atoms with Crippen LogP contribution in [0.1, 0.15) is 11.1 Å². The molecule has 0 aliphatic heterocycles. The van der Waals surface area contributed by atoms with Gasteiger partial charge in [-0.15, -0.1) is 0 Å². The topological polar surface area (TPSA) is 61.2 Å². The second-order valence-corrected chi connectivity index (χ2v) is 9.77. The standard InChI is InChI=1S/C26H19ClN2O3S/c1-17(18-8-11-21(32-2)12-9-18)19-10-13-25-23(14-19)24-15-20(27)16-28-26(24)29(25)33(30,31)22-6-4-3-5-7-22/h3-16H,1H2,2H3. The summed E-state index contributed by atoms with van der Waals surface area (Å²) >= 11 is 6.24. The zero-order valence-corrected chi connectivity index (χ0v) is 19.3. The number of aromatic nitrogens is 2. The van der Waals surface area contributed by atoms with Gasteiger partial charge in [0, 0.05) is 17.0 Å². The highest BCUT2D eigenvalue weighted by Gasteiger charge is 2.24. The van der Waals surface area contributed by atoms with Gasteiger partial charge in [-0.25, -0.2) is 17.4 Å². The van der Waals surface area contributed by atoms with Crippen molar-refractivity contribution in [3.05, 3.63) is 108 Å².